The first-order valence-electron chi connectivity index (χ1n) is 3.89. The second-order valence-electron chi connectivity index (χ2n) is 2.80. The highest BCUT2D eigenvalue weighted by Gasteiger charge is 2.08. The van der Waals surface area contributed by atoms with Crippen molar-refractivity contribution in [2.24, 2.45) is 0 Å². The first-order chi connectivity index (χ1) is 6.50. The number of aromatic hydroxyl groups is 1. The average molecular weight is 263 g/mol. The van der Waals surface area contributed by atoms with E-state index in [9.17, 15) is 9.18 Å². The number of aryl methyl sites for hydroxylation is 1. The van der Waals surface area contributed by atoms with Crippen molar-refractivity contribution in [3.8, 4) is 5.75 Å². The van der Waals surface area contributed by atoms with Crippen molar-refractivity contribution in [3.05, 3.63) is 28.0 Å². The van der Waals surface area contributed by atoms with Crippen molar-refractivity contribution in [2.45, 2.75) is 12.8 Å². The second-order valence-corrected chi connectivity index (χ2v) is 3.66. The molecule has 5 heteroatoms. The van der Waals surface area contributed by atoms with Gasteiger partial charge in [-0.25, -0.2) is 4.39 Å². The van der Waals surface area contributed by atoms with Gasteiger partial charge in [-0.1, -0.05) is 0 Å². The predicted molar refractivity (Wildman–Crippen MR) is 51.7 cm³/mol. The predicted octanol–water partition coefficient (Wildman–Crippen LogP) is 2.31. The van der Waals surface area contributed by atoms with Crippen LogP contribution in [0.1, 0.15) is 12.0 Å². The number of hydrogen-bond donors (Lipinski definition) is 2. The fraction of sp³-hybridized carbons (Fsp3) is 0.222. The van der Waals surface area contributed by atoms with Gasteiger partial charge >= 0.3 is 5.97 Å². The number of carbonyl (C=O) groups is 1. The summed E-state index contributed by atoms with van der Waals surface area (Å²) in [5.74, 6) is -2.14. The Hall–Kier alpha value is -1.10. The van der Waals surface area contributed by atoms with Crippen molar-refractivity contribution in [1.82, 2.24) is 0 Å². The minimum atomic E-state index is -0.936. The molecule has 1 rings (SSSR count). The topological polar surface area (TPSA) is 57.5 Å². The third-order valence-corrected chi connectivity index (χ3v) is 2.31. The minimum absolute atomic E-state index is 0.0589. The van der Waals surface area contributed by atoms with Gasteiger partial charge in [0.15, 0.2) is 11.6 Å². The molecule has 0 aliphatic rings. The molecule has 0 bridgehead atoms. The van der Waals surface area contributed by atoms with E-state index in [2.05, 4.69) is 15.9 Å². The van der Waals surface area contributed by atoms with Crippen molar-refractivity contribution < 1.29 is 19.4 Å². The van der Waals surface area contributed by atoms with Crippen LogP contribution in [0.2, 0.25) is 0 Å². The molecule has 76 valence electrons. The fourth-order valence-electron chi connectivity index (χ4n) is 1.01. The lowest BCUT2D eigenvalue weighted by Crippen LogP contribution is -1.98. The van der Waals surface area contributed by atoms with Crippen molar-refractivity contribution in [1.29, 1.82) is 0 Å². The van der Waals surface area contributed by atoms with Gasteiger partial charge in [-0.2, -0.15) is 0 Å². The van der Waals surface area contributed by atoms with Crippen LogP contribution in [-0.2, 0) is 11.2 Å². The number of rotatable bonds is 3. The Morgan fingerprint density at radius 1 is 1.50 bits per heavy atom. The summed E-state index contributed by atoms with van der Waals surface area (Å²) in [7, 11) is 0. The number of benzene rings is 1. The van der Waals surface area contributed by atoms with E-state index in [-0.39, 0.29) is 17.3 Å². The highest BCUT2D eigenvalue weighted by Crippen LogP contribution is 2.28. The molecule has 0 spiro atoms. The summed E-state index contributed by atoms with van der Waals surface area (Å²) in [6, 6.07) is 2.63. The van der Waals surface area contributed by atoms with E-state index in [4.69, 9.17) is 10.2 Å². The van der Waals surface area contributed by atoms with Gasteiger partial charge in [-0.15, -0.1) is 0 Å². The fourth-order valence-corrected chi connectivity index (χ4v) is 1.50. The van der Waals surface area contributed by atoms with E-state index in [1.54, 1.807) is 0 Å². The number of hydrogen-bond acceptors (Lipinski definition) is 2. The van der Waals surface area contributed by atoms with Gasteiger partial charge in [-0.3, -0.25) is 4.79 Å². The third-order valence-electron chi connectivity index (χ3n) is 1.70. The molecule has 0 unspecified atom stereocenters. The van der Waals surface area contributed by atoms with Crippen LogP contribution in [0.15, 0.2) is 16.6 Å². The Kier molecular flexibility index (Phi) is 3.46. The molecular formula is C9H8BrFO3. The summed E-state index contributed by atoms with van der Waals surface area (Å²) >= 11 is 2.97. The molecule has 0 saturated carbocycles. The van der Waals surface area contributed by atoms with Gasteiger partial charge in [0.1, 0.15) is 0 Å². The quantitative estimate of drug-likeness (QED) is 0.879. The summed E-state index contributed by atoms with van der Waals surface area (Å²) in [6.45, 7) is 0. The lowest BCUT2D eigenvalue weighted by Gasteiger charge is -2.03. The molecule has 2 N–H and O–H groups in total. The first-order valence-corrected chi connectivity index (χ1v) is 4.68. The van der Waals surface area contributed by atoms with Gasteiger partial charge in [0.25, 0.3) is 0 Å². The zero-order chi connectivity index (χ0) is 10.7. The third kappa shape index (κ3) is 2.70. The van der Waals surface area contributed by atoms with E-state index in [1.807, 2.05) is 0 Å². The van der Waals surface area contributed by atoms with Crippen molar-refractivity contribution in [3.63, 3.8) is 0 Å². The van der Waals surface area contributed by atoms with Gasteiger partial charge < -0.3 is 10.2 Å². The van der Waals surface area contributed by atoms with E-state index in [1.165, 1.54) is 6.07 Å². The van der Waals surface area contributed by atoms with Crippen LogP contribution in [0.4, 0.5) is 4.39 Å². The highest BCUT2D eigenvalue weighted by atomic mass is 79.9. The maximum Gasteiger partial charge on any atom is 0.303 e. The van der Waals surface area contributed by atoms with E-state index < -0.39 is 17.5 Å². The maximum atomic E-state index is 12.9. The molecule has 0 radical (unpaired) electrons. The molecule has 14 heavy (non-hydrogen) atoms. The molecule has 0 fully saturated rings. The second kappa shape index (κ2) is 4.41. The monoisotopic (exact) mass is 262 g/mol. The molecule has 0 aliphatic carbocycles. The largest absolute Gasteiger partial charge is 0.504 e. The van der Waals surface area contributed by atoms with Gasteiger partial charge in [0.05, 0.1) is 4.47 Å². The summed E-state index contributed by atoms with van der Waals surface area (Å²) in [5, 5.41) is 17.5. The number of halogens is 2. The number of carboxylic acid groups (broad SMARTS) is 1. The zero-order valence-electron chi connectivity index (χ0n) is 7.13. The van der Waals surface area contributed by atoms with E-state index in [0.29, 0.717) is 5.56 Å². The molecule has 0 aliphatic heterocycles. The number of phenolic OH excluding ortho intramolecular Hbond substituents is 1. The van der Waals surface area contributed by atoms with Crippen molar-refractivity contribution in [2.75, 3.05) is 0 Å². The normalized spacial score (nSPS) is 10.1. The van der Waals surface area contributed by atoms with Crippen LogP contribution in [0, 0.1) is 5.82 Å². The lowest BCUT2D eigenvalue weighted by molar-refractivity contribution is -0.136. The first kappa shape index (κ1) is 11.0. The summed E-state index contributed by atoms with van der Waals surface area (Å²) < 4.78 is 13.2. The van der Waals surface area contributed by atoms with Gasteiger partial charge in [-0.05, 0) is 40.0 Å². The lowest BCUT2D eigenvalue weighted by atomic mass is 10.1. The Morgan fingerprint density at radius 2 is 2.14 bits per heavy atom. The number of phenols is 1. The van der Waals surface area contributed by atoms with Crippen molar-refractivity contribution >= 4 is 21.9 Å². The zero-order valence-corrected chi connectivity index (χ0v) is 8.71. The van der Waals surface area contributed by atoms with Gasteiger partial charge in [0.2, 0.25) is 0 Å². The van der Waals surface area contributed by atoms with Gasteiger partial charge in [0, 0.05) is 6.42 Å². The number of carboxylic acids is 1. The molecule has 1 aromatic carbocycles. The van der Waals surface area contributed by atoms with Crippen LogP contribution in [0.25, 0.3) is 0 Å². The SMILES string of the molecule is O=C(O)CCc1cc(F)c(O)c(Br)c1. The highest BCUT2D eigenvalue weighted by molar-refractivity contribution is 9.10. The Bertz CT molecular complexity index is 342. The average Bonchev–Trinajstić information content (AvgIpc) is 2.10. The minimum Gasteiger partial charge on any atom is -0.504 e. The number of aliphatic carboxylic acids is 1. The molecule has 1 aromatic rings. The Labute approximate surface area is 88.3 Å². The molecule has 0 atom stereocenters. The summed E-state index contributed by atoms with van der Waals surface area (Å²) in [5.41, 5.74) is 0.537. The van der Waals surface area contributed by atoms with Crippen LogP contribution >= 0.6 is 15.9 Å². The molecular weight excluding hydrogens is 255 g/mol. The van der Waals surface area contributed by atoms with Crippen LogP contribution in [0.3, 0.4) is 0 Å². The summed E-state index contributed by atoms with van der Waals surface area (Å²) in [6.07, 6.45) is 0.182. The Balaban J connectivity index is 2.84. The molecule has 3 nitrogen and oxygen atoms in total. The maximum absolute atomic E-state index is 12.9. The standard InChI is InChI=1S/C9H8BrFO3/c10-6-3-5(1-2-8(12)13)4-7(11)9(6)14/h3-4,14H,1-2H2,(H,12,13). The van der Waals surface area contributed by atoms with E-state index in [0.717, 1.165) is 6.07 Å². The molecule has 0 aromatic heterocycles. The van der Waals surface area contributed by atoms with Crippen LogP contribution in [-0.4, -0.2) is 16.2 Å². The molecule has 0 amide bonds. The smallest absolute Gasteiger partial charge is 0.303 e. The van der Waals surface area contributed by atoms with Crippen LogP contribution in [0.5, 0.6) is 5.75 Å². The Morgan fingerprint density at radius 3 is 2.64 bits per heavy atom. The van der Waals surface area contributed by atoms with E-state index >= 15 is 0 Å². The van der Waals surface area contributed by atoms with Crippen LogP contribution < -0.4 is 0 Å². The molecule has 0 heterocycles. The molecule has 0 saturated heterocycles. The summed E-state index contributed by atoms with van der Waals surface area (Å²) in [4.78, 5) is 10.3.